The lowest BCUT2D eigenvalue weighted by atomic mass is 10.1. The van der Waals surface area contributed by atoms with Gasteiger partial charge in [-0.25, -0.2) is 4.79 Å². The van der Waals surface area contributed by atoms with E-state index in [1.807, 2.05) is 25.7 Å². The molecule has 2 rings (SSSR count). The zero-order chi connectivity index (χ0) is 16.9. The number of rotatable bonds is 2. The second-order valence-electron chi connectivity index (χ2n) is 7.11. The lowest BCUT2D eigenvalue weighted by molar-refractivity contribution is 0.0919. The number of nitrogens with one attached hydrogen (secondary N) is 2. The van der Waals surface area contributed by atoms with Gasteiger partial charge in [0.15, 0.2) is 0 Å². The molecule has 0 radical (unpaired) electrons. The molecule has 0 atom stereocenters. The zero-order valence-corrected chi connectivity index (χ0v) is 14.3. The van der Waals surface area contributed by atoms with Crippen LogP contribution in [0.15, 0.2) is 24.3 Å². The van der Waals surface area contributed by atoms with E-state index in [9.17, 15) is 9.59 Å². The number of likely N-dealkylation sites (tertiary alicyclic amines) is 1. The third-order valence-corrected chi connectivity index (χ3v) is 3.78. The first kappa shape index (κ1) is 17.3. The summed E-state index contributed by atoms with van der Waals surface area (Å²) in [6, 6.07) is 6.96. The lowest BCUT2D eigenvalue weighted by Crippen LogP contribution is -2.40. The molecule has 1 saturated heterocycles. The summed E-state index contributed by atoms with van der Waals surface area (Å²) in [5.41, 5.74) is 1.04. The Labute approximate surface area is 138 Å². The molecule has 1 aromatic carbocycles. The molecule has 2 N–H and O–H groups in total. The maximum atomic E-state index is 12.3. The Kier molecular flexibility index (Phi) is 5.64. The molecule has 0 unspecified atom stereocenters. The fourth-order valence-corrected chi connectivity index (χ4v) is 2.59. The summed E-state index contributed by atoms with van der Waals surface area (Å²) in [7, 11) is 0. The van der Waals surface area contributed by atoms with E-state index in [2.05, 4.69) is 10.6 Å². The van der Waals surface area contributed by atoms with Gasteiger partial charge in [0, 0.05) is 29.9 Å². The van der Waals surface area contributed by atoms with Crippen LogP contribution in [0.1, 0.15) is 56.8 Å². The number of urea groups is 1. The van der Waals surface area contributed by atoms with Crippen LogP contribution in [-0.2, 0) is 0 Å². The largest absolute Gasteiger partial charge is 0.347 e. The third kappa shape index (κ3) is 5.58. The Balaban J connectivity index is 1.94. The summed E-state index contributed by atoms with van der Waals surface area (Å²) in [5.74, 6) is -0.108. The van der Waals surface area contributed by atoms with Crippen LogP contribution in [0.4, 0.5) is 10.5 Å². The molecular formula is C18H27N3O2. The molecule has 1 heterocycles. The van der Waals surface area contributed by atoms with Crippen LogP contribution in [0.3, 0.4) is 0 Å². The standard InChI is InChI=1S/C18H27N3O2/c1-18(2,3)20-16(22)14-8-10-15(11-9-14)19-17(23)21-12-6-4-5-7-13-21/h8-11H,4-7,12-13H2,1-3H3,(H,19,23)(H,20,22). The lowest BCUT2D eigenvalue weighted by Gasteiger charge is -2.21. The second kappa shape index (κ2) is 7.49. The number of carbonyl (C=O) groups is 2. The summed E-state index contributed by atoms with van der Waals surface area (Å²) >= 11 is 0. The van der Waals surface area contributed by atoms with E-state index in [0.717, 1.165) is 25.9 Å². The van der Waals surface area contributed by atoms with Crippen LogP contribution in [0.2, 0.25) is 0 Å². The maximum absolute atomic E-state index is 12.3. The molecule has 1 aliphatic rings. The van der Waals surface area contributed by atoms with Crippen molar-refractivity contribution < 1.29 is 9.59 Å². The van der Waals surface area contributed by atoms with Crippen molar-refractivity contribution in [2.75, 3.05) is 18.4 Å². The predicted octanol–water partition coefficient (Wildman–Crippen LogP) is 3.62. The number of hydrogen-bond donors (Lipinski definition) is 2. The molecule has 1 fully saturated rings. The van der Waals surface area contributed by atoms with Crippen LogP contribution >= 0.6 is 0 Å². The molecule has 1 aromatic rings. The minimum absolute atomic E-state index is 0.0567. The van der Waals surface area contributed by atoms with Gasteiger partial charge in [-0.05, 0) is 57.9 Å². The van der Waals surface area contributed by atoms with Gasteiger partial charge in [0.2, 0.25) is 0 Å². The predicted molar refractivity (Wildman–Crippen MR) is 92.7 cm³/mol. The average molecular weight is 317 g/mol. The molecule has 3 amide bonds. The van der Waals surface area contributed by atoms with E-state index in [1.54, 1.807) is 24.3 Å². The number of carbonyl (C=O) groups excluding carboxylic acids is 2. The normalized spacial score (nSPS) is 15.7. The molecule has 0 aromatic heterocycles. The minimum Gasteiger partial charge on any atom is -0.347 e. The van der Waals surface area contributed by atoms with Crippen LogP contribution in [0.5, 0.6) is 0 Å². The highest BCUT2D eigenvalue weighted by Crippen LogP contribution is 2.14. The number of amides is 3. The van der Waals surface area contributed by atoms with E-state index < -0.39 is 0 Å². The molecule has 0 aliphatic carbocycles. The molecular weight excluding hydrogens is 290 g/mol. The molecule has 0 spiro atoms. The summed E-state index contributed by atoms with van der Waals surface area (Å²) in [6.45, 7) is 7.47. The highest BCUT2D eigenvalue weighted by atomic mass is 16.2. The van der Waals surface area contributed by atoms with Crippen molar-refractivity contribution in [3.63, 3.8) is 0 Å². The Morgan fingerprint density at radius 3 is 2.04 bits per heavy atom. The van der Waals surface area contributed by atoms with Gasteiger partial charge in [0.25, 0.3) is 5.91 Å². The van der Waals surface area contributed by atoms with Crippen molar-refractivity contribution >= 4 is 17.6 Å². The van der Waals surface area contributed by atoms with Gasteiger partial charge >= 0.3 is 6.03 Å². The quantitative estimate of drug-likeness (QED) is 0.875. The molecule has 1 aliphatic heterocycles. The van der Waals surface area contributed by atoms with Crippen molar-refractivity contribution in [2.24, 2.45) is 0 Å². The van der Waals surface area contributed by atoms with Gasteiger partial charge in [-0.1, -0.05) is 12.8 Å². The maximum Gasteiger partial charge on any atom is 0.321 e. The van der Waals surface area contributed by atoms with Crippen molar-refractivity contribution in [3.05, 3.63) is 29.8 Å². The highest BCUT2D eigenvalue weighted by molar-refractivity contribution is 5.95. The molecule has 5 heteroatoms. The average Bonchev–Trinajstić information content (AvgIpc) is 2.75. The topological polar surface area (TPSA) is 61.4 Å². The molecule has 23 heavy (non-hydrogen) atoms. The van der Waals surface area contributed by atoms with Crippen LogP contribution in [0.25, 0.3) is 0 Å². The molecule has 0 bridgehead atoms. The van der Waals surface area contributed by atoms with Crippen LogP contribution in [0, 0.1) is 0 Å². The van der Waals surface area contributed by atoms with Gasteiger partial charge in [-0.3, -0.25) is 4.79 Å². The number of hydrogen-bond acceptors (Lipinski definition) is 2. The van der Waals surface area contributed by atoms with Crippen molar-refractivity contribution in [1.29, 1.82) is 0 Å². The van der Waals surface area contributed by atoms with Gasteiger partial charge < -0.3 is 15.5 Å². The summed E-state index contributed by atoms with van der Waals surface area (Å²) in [5, 5.41) is 5.83. The zero-order valence-electron chi connectivity index (χ0n) is 14.3. The van der Waals surface area contributed by atoms with Crippen molar-refractivity contribution in [1.82, 2.24) is 10.2 Å². The first-order chi connectivity index (χ1) is 10.8. The molecule has 5 nitrogen and oxygen atoms in total. The van der Waals surface area contributed by atoms with Crippen molar-refractivity contribution in [3.8, 4) is 0 Å². The van der Waals surface area contributed by atoms with E-state index in [4.69, 9.17) is 0 Å². The third-order valence-electron chi connectivity index (χ3n) is 3.78. The van der Waals surface area contributed by atoms with E-state index >= 15 is 0 Å². The Morgan fingerprint density at radius 1 is 0.957 bits per heavy atom. The Bertz CT molecular complexity index is 538. The van der Waals surface area contributed by atoms with Crippen LogP contribution in [-0.4, -0.2) is 35.5 Å². The Hall–Kier alpha value is -2.04. The van der Waals surface area contributed by atoms with Gasteiger partial charge in [0.05, 0.1) is 0 Å². The van der Waals surface area contributed by atoms with E-state index in [1.165, 1.54) is 12.8 Å². The fourth-order valence-electron chi connectivity index (χ4n) is 2.59. The highest BCUT2D eigenvalue weighted by Gasteiger charge is 2.17. The summed E-state index contributed by atoms with van der Waals surface area (Å²) in [4.78, 5) is 26.2. The minimum atomic E-state index is -0.267. The van der Waals surface area contributed by atoms with Gasteiger partial charge in [-0.15, -0.1) is 0 Å². The first-order valence-electron chi connectivity index (χ1n) is 8.34. The number of anilines is 1. The second-order valence-corrected chi connectivity index (χ2v) is 7.11. The summed E-state index contributed by atoms with van der Waals surface area (Å²) in [6.07, 6.45) is 4.53. The van der Waals surface area contributed by atoms with Gasteiger partial charge in [-0.2, -0.15) is 0 Å². The smallest absolute Gasteiger partial charge is 0.321 e. The number of nitrogens with zero attached hydrogens (tertiary/aromatic N) is 1. The molecule has 0 saturated carbocycles. The van der Waals surface area contributed by atoms with E-state index in [0.29, 0.717) is 11.3 Å². The van der Waals surface area contributed by atoms with Gasteiger partial charge in [0.1, 0.15) is 0 Å². The molecule has 126 valence electrons. The van der Waals surface area contributed by atoms with Crippen molar-refractivity contribution in [2.45, 2.75) is 52.0 Å². The fraction of sp³-hybridized carbons (Fsp3) is 0.556. The number of benzene rings is 1. The summed E-state index contributed by atoms with van der Waals surface area (Å²) < 4.78 is 0. The SMILES string of the molecule is CC(C)(C)NC(=O)c1ccc(NC(=O)N2CCCCCC2)cc1. The monoisotopic (exact) mass is 317 g/mol. The first-order valence-corrected chi connectivity index (χ1v) is 8.34. The van der Waals surface area contributed by atoms with Crippen LogP contribution < -0.4 is 10.6 Å². The Morgan fingerprint density at radius 2 is 1.52 bits per heavy atom. The van der Waals surface area contributed by atoms with E-state index in [-0.39, 0.29) is 17.5 Å².